The lowest BCUT2D eigenvalue weighted by Crippen LogP contribution is -2.34. The SMILES string of the molecule is Cl.Cl.O=C(NCC1CNCC1O)c1cccc(-n2cccn2)n1. The van der Waals surface area contributed by atoms with Gasteiger partial charge < -0.3 is 15.7 Å². The number of aliphatic hydroxyl groups excluding tert-OH is 1. The number of amides is 1. The molecule has 1 aliphatic rings. The van der Waals surface area contributed by atoms with Crippen molar-refractivity contribution in [2.24, 2.45) is 5.92 Å². The van der Waals surface area contributed by atoms with Crippen molar-refractivity contribution in [3.8, 4) is 5.82 Å². The van der Waals surface area contributed by atoms with E-state index in [0.29, 0.717) is 31.1 Å². The van der Waals surface area contributed by atoms with E-state index in [2.05, 4.69) is 20.7 Å². The molecule has 0 aromatic carbocycles. The fourth-order valence-electron chi connectivity index (χ4n) is 2.32. The molecule has 1 saturated heterocycles. The van der Waals surface area contributed by atoms with Gasteiger partial charge in [-0.1, -0.05) is 6.07 Å². The van der Waals surface area contributed by atoms with E-state index >= 15 is 0 Å². The van der Waals surface area contributed by atoms with Crippen molar-refractivity contribution in [3.63, 3.8) is 0 Å². The second-order valence-corrected chi connectivity index (χ2v) is 5.03. The van der Waals surface area contributed by atoms with Gasteiger partial charge in [0.2, 0.25) is 0 Å². The number of hydrogen-bond donors (Lipinski definition) is 3. The fourth-order valence-corrected chi connectivity index (χ4v) is 2.32. The standard InChI is InChI=1S/C14H17N5O2.2ClH/c20-12-9-15-7-10(12)8-16-14(21)11-3-1-4-13(18-11)19-6-2-5-17-19;;/h1-6,10,12,15,20H,7-9H2,(H,16,21);2*1H. The van der Waals surface area contributed by atoms with Crippen molar-refractivity contribution in [3.05, 3.63) is 42.4 Å². The summed E-state index contributed by atoms with van der Waals surface area (Å²) < 4.78 is 1.60. The minimum Gasteiger partial charge on any atom is -0.391 e. The average Bonchev–Trinajstić information content (AvgIpc) is 3.16. The summed E-state index contributed by atoms with van der Waals surface area (Å²) in [4.78, 5) is 16.4. The van der Waals surface area contributed by atoms with E-state index in [0.717, 1.165) is 0 Å². The molecular weight excluding hydrogens is 341 g/mol. The van der Waals surface area contributed by atoms with Gasteiger partial charge in [-0.05, 0) is 18.2 Å². The van der Waals surface area contributed by atoms with Crippen LogP contribution in [0, 0.1) is 5.92 Å². The normalized spacial score (nSPS) is 19.5. The molecule has 0 spiro atoms. The summed E-state index contributed by atoms with van der Waals surface area (Å²) in [6.45, 7) is 1.72. The first-order valence-electron chi connectivity index (χ1n) is 6.88. The Balaban J connectivity index is 0.00000132. The largest absolute Gasteiger partial charge is 0.391 e. The van der Waals surface area contributed by atoms with Gasteiger partial charge in [-0.15, -0.1) is 24.8 Å². The number of aliphatic hydroxyl groups is 1. The molecule has 0 radical (unpaired) electrons. The van der Waals surface area contributed by atoms with Gasteiger partial charge >= 0.3 is 0 Å². The van der Waals surface area contributed by atoms with Gasteiger partial charge in [0.05, 0.1) is 6.10 Å². The molecule has 1 fully saturated rings. The monoisotopic (exact) mass is 359 g/mol. The first-order chi connectivity index (χ1) is 10.2. The fraction of sp³-hybridized carbons (Fsp3) is 0.357. The molecule has 3 heterocycles. The molecule has 9 heteroatoms. The van der Waals surface area contributed by atoms with Crippen molar-refractivity contribution in [2.45, 2.75) is 6.10 Å². The van der Waals surface area contributed by atoms with E-state index in [1.165, 1.54) is 0 Å². The summed E-state index contributed by atoms with van der Waals surface area (Å²) in [6.07, 6.45) is 3.02. The molecular formula is C14H19Cl2N5O2. The Kier molecular flexibility index (Phi) is 7.44. The zero-order chi connectivity index (χ0) is 14.7. The Labute approximate surface area is 146 Å². The van der Waals surface area contributed by atoms with Crippen LogP contribution in [0.2, 0.25) is 0 Å². The van der Waals surface area contributed by atoms with E-state index in [1.54, 1.807) is 41.3 Å². The Morgan fingerprint density at radius 3 is 2.83 bits per heavy atom. The molecule has 1 amide bonds. The summed E-state index contributed by atoms with van der Waals surface area (Å²) in [5.41, 5.74) is 0.337. The highest BCUT2D eigenvalue weighted by molar-refractivity contribution is 5.92. The predicted octanol–water partition coefficient (Wildman–Crippen LogP) is 0.421. The Morgan fingerprint density at radius 2 is 2.17 bits per heavy atom. The number of nitrogens with one attached hydrogen (secondary N) is 2. The highest BCUT2D eigenvalue weighted by Crippen LogP contribution is 2.08. The number of aromatic nitrogens is 3. The van der Waals surface area contributed by atoms with Crippen molar-refractivity contribution >= 4 is 30.7 Å². The summed E-state index contributed by atoms with van der Waals surface area (Å²) in [6, 6.07) is 7.01. The topological polar surface area (TPSA) is 92.1 Å². The Morgan fingerprint density at radius 1 is 1.35 bits per heavy atom. The predicted molar refractivity (Wildman–Crippen MR) is 90.6 cm³/mol. The highest BCUT2D eigenvalue weighted by atomic mass is 35.5. The van der Waals surface area contributed by atoms with Crippen molar-refractivity contribution in [2.75, 3.05) is 19.6 Å². The van der Waals surface area contributed by atoms with Crippen molar-refractivity contribution < 1.29 is 9.90 Å². The molecule has 2 aromatic heterocycles. The average molecular weight is 360 g/mol. The van der Waals surface area contributed by atoms with E-state index < -0.39 is 6.10 Å². The van der Waals surface area contributed by atoms with Crippen LogP contribution in [0.5, 0.6) is 0 Å². The number of carbonyl (C=O) groups excluding carboxylic acids is 1. The smallest absolute Gasteiger partial charge is 0.269 e. The lowest BCUT2D eigenvalue weighted by molar-refractivity contribution is 0.0922. The second kappa shape index (κ2) is 8.83. The minimum absolute atomic E-state index is 0. The third kappa shape index (κ3) is 4.65. The molecule has 3 rings (SSSR count). The number of pyridine rings is 1. The summed E-state index contributed by atoms with van der Waals surface area (Å²) >= 11 is 0. The van der Waals surface area contributed by atoms with Crippen LogP contribution in [0.25, 0.3) is 5.82 Å². The molecule has 0 aliphatic carbocycles. The van der Waals surface area contributed by atoms with Gasteiger partial charge in [0, 0.05) is 37.9 Å². The van der Waals surface area contributed by atoms with Crippen LogP contribution >= 0.6 is 24.8 Å². The van der Waals surface area contributed by atoms with E-state index in [-0.39, 0.29) is 36.6 Å². The first-order valence-corrected chi connectivity index (χ1v) is 6.88. The summed E-state index contributed by atoms with van der Waals surface area (Å²) in [5, 5.41) is 19.7. The van der Waals surface area contributed by atoms with Crippen LogP contribution < -0.4 is 10.6 Å². The van der Waals surface area contributed by atoms with Gasteiger partial charge in [-0.25, -0.2) is 9.67 Å². The van der Waals surface area contributed by atoms with Gasteiger partial charge in [0.25, 0.3) is 5.91 Å². The number of halogens is 2. The molecule has 2 unspecified atom stereocenters. The highest BCUT2D eigenvalue weighted by Gasteiger charge is 2.25. The van der Waals surface area contributed by atoms with Crippen LogP contribution in [-0.2, 0) is 0 Å². The van der Waals surface area contributed by atoms with Crippen LogP contribution in [0.3, 0.4) is 0 Å². The van der Waals surface area contributed by atoms with Crippen molar-refractivity contribution in [1.29, 1.82) is 0 Å². The number of hydrogen-bond acceptors (Lipinski definition) is 5. The number of β-amino-alcohol motifs (C(OH)–C–C–N with tert-alkyl or cyclic N) is 1. The molecule has 126 valence electrons. The van der Waals surface area contributed by atoms with E-state index in [4.69, 9.17) is 0 Å². The second-order valence-electron chi connectivity index (χ2n) is 5.03. The lowest BCUT2D eigenvalue weighted by atomic mass is 10.1. The summed E-state index contributed by atoms with van der Waals surface area (Å²) in [7, 11) is 0. The molecule has 7 nitrogen and oxygen atoms in total. The van der Waals surface area contributed by atoms with Crippen LogP contribution in [-0.4, -0.2) is 51.5 Å². The molecule has 0 saturated carbocycles. The van der Waals surface area contributed by atoms with Crippen LogP contribution in [0.1, 0.15) is 10.5 Å². The molecule has 2 atom stereocenters. The van der Waals surface area contributed by atoms with Gasteiger partial charge in [-0.3, -0.25) is 4.79 Å². The van der Waals surface area contributed by atoms with Crippen molar-refractivity contribution in [1.82, 2.24) is 25.4 Å². The maximum Gasteiger partial charge on any atom is 0.269 e. The molecule has 3 N–H and O–H groups in total. The van der Waals surface area contributed by atoms with E-state index in [9.17, 15) is 9.90 Å². The zero-order valence-electron chi connectivity index (χ0n) is 12.3. The Hall–Kier alpha value is -1.67. The molecule has 1 aliphatic heterocycles. The number of nitrogens with zero attached hydrogens (tertiary/aromatic N) is 3. The maximum absolute atomic E-state index is 12.1. The minimum atomic E-state index is -0.409. The van der Waals surface area contributed by atoms with Crippen LogP contribution in [0.15, 0.2) is 36.7 Å². The van der Waals surface area contributed by atoms with Gasteiger partial charge in [-0.2, -0.15) is 5.10 Å². The first kappa shape index (κ1) is 19.4. The molecule has 2 aromatic rings. The maximum atomic E-state index is 12.1. The van der Waals surface area contributed by atoms with E-state index in [1.807, 2.05) is 0 Å². The summed E-state index contributed by atoms with van der Waals surface area (Å²) in [5.74, 6) is 0.390. The lowest BCUT2D eigenvalue weighted by Gasteiger charge is -2.14. The Bertz CT molecular complexity index is 623. The number of carbonyl (C=O) groups is 1. The number of rotatable bonds is 4. The third-order valence-corrected chi connectivity index (χ3v) is 3.54. The molecule has 0 bridgehead atoms. The molecule has 23 heavy (non-hydrogen) atoms. The third-order valence-electron chi connectivity index (χ3n) is 3.54. The zero-order valence-corrected chi connectivity index (χ0v) is 13.9. The van der Waals surface area contributed by atoms with Crippen LogP contribution in [0.4, 0.5) is 0 Å². The van der Waals surface area contributed by atoms with Gasteiger partial charge in [0.1, 0.15) is 5.69 Å². The van der Waals surface area contributed by atoms with Gasteiger partial charge in [0.15, 0.2) is 5.82 Å². The quantitative estimate of drug-likeness (QED) is 0.735.